The van der Waals surface area contributed by atoms with Crippen molar-refractivity contribution in [2.75, 3.05) is 6.54 Å². The topological polar surface area (TPSA) is 38.3 Å². The van der Waals surface area contributed by atoms with Gasteiger partial charge in [0.25, 0.3) is 0 Å². The molecule has 3 nitrogen and oxygen atoms in total. The van der Waals surface area contributed by atoms with E-state index >= 15 is 0 Å². The Morgan fingerprint density at radius 1 is 1.46 bits per heavy atom. The van der Waals surface area contributed by atoms with Gasteiger partial charge in [0.1, 0.15) is 5.60 Å². The van der Waals surface area contributed by atoms with Gasteiger partial charge in [-0.15, -0.1) is 0 Å². The number of ether oxygens (including phenoxy) is 1. The van der Waals surface area contributed by atoms with Crippen LogP contribution in [-0.4, -0.2) is 22.2 Å². The van der Waals surface area contributed by atoms with Crippen LogP contribution < -0.4 is 5.32 Å². The lowest BCUT2D eigenvalue weighted by atomic mass is 9.81. The fraction of sp³-hybridized carbons (Fsp3) is 0.889. The third kappa shape index (κ3) is 1.78. The molecule has 4 heteroatoms. The van der Waals surface area contributed by atoms with E-state index in [1.54, 1.807) is 0 Å². The van der Waals surface area contributed by atoms with Crippen molar-refractivity contribution in [2.45, 2.75) is 41.6 Å². The molecule has 0 aromatic carbocycles. The predicted octanol–water partition coefficient (Wildman–Crippen LogP) is 2.23. The van der Waals surface area contributed by atoms with Crippen LogP contribution in [0.4, 0.5) is 4.79 Å². The highest BCUT2D eigenvalue weighted by Gasteiger charge is 2.44. The first-order chi connectivity index (χ1) is 6.23. The molecule has 2 aliphatic rings. The van der Waals surface area contributed by atoms with Gasteiger partial charge in [-0.2, -0.15) is 0 Å². The Hall–Kier alpha value is -0.0000000000000000555. The number of halogens is 1. The maximum atomic E-state index is 11.1. The van der Waals surface area contributed by atoms with Crippen molar-refractivity contribution in [2.24, 2.45) is 0 Å². The molecule has 1 aliphatic heterocycles. The van der Waals surface area contributed by atoms with Crippen LogP contribution in [0.25, 0.3) is 0 Å². The summed E-state index contributed by atoms with van der Waals surface area (Å²) in [7, 11) is 0. The number of amides is 1. The SMILES string of the molecule is O=C1NCCC2(CCCCC2I)O1. The molecule has 1 N–H and O–H groups in total. The lowest BCUT2D eigenvalue weighted by molar-refractivity contribution is -0.0293. The average Bonchev–Trinajstić information content (AvgIpc) is 2.11. The minimum Gasteiger partial charge on any atom is -0.442 e. The van der Waals surface area contributed by atoms with Crippen molar-refractivity contribution in [3.63, 3.8) is 0 Å². The molecule has 2 fully saturated rings. The molecule has 1 heterocycles. The molecule has 0 bridgehead atoms. The van der Waals surface area contributed by atoms with Gasteiger partial charge in [0.15, 0.2) is 0 Å². The molecule has 1 amide bonds. The highest BCUT2D eigenvalue weighted by Crippen LogP contribution is 2.40. The van der Waals surface area contributed by atoms with Crippen molar-refractivity contribution in [3.05, 3.63) is 0 Å². The van der Waals surface area contributed by atoms with Crippen LogP contribution in [0.2, 0.25) is 0 Å². The van der Waals surface area contributed by atoms with E-state index in [4.69, 9.17) is 4.74 Å². The van der Waals surface area contributed by atoms with E-state index in [2.05, 4.69) is 27.9 Å². The first kappa shape index (κ1) is 9.55. The molecule has 2 unspecified atom stereocenters. The Labute approximate surface area is 91.7 Å². The molecule has 74 valence electrons. The smallest absolute Gasteiger partial charge is 0.407 e. The Bertz CT molecular complexity index is 218. The fourth-order valence-corrected chi connectivity index (χ4v) is 3.40. The van der Waals surface area contributed by atoms with Gasteiger partial charge in [-0.25, -0.2) is 4.79 Å². The molecule has 0 aromatic rings. The molecule has 1 spiro atoms. The Morgan fingerprint density at radius 2 is 2.31 bits per heavy atom. The van der Waals surface area contributed by atoms with E-state index in [0.717, 1.165) is 19.4 Å². The summed E-state index contributed by atoms with van der Waals surface area (Å²) in [5.41, 5.74) is -0.138. The molecular formula is C9H14INO2. The molecule has 0 radical (unpaired) electrons. The molecule has 1 saturated heterocycles. The number of rotatable bonds is 0. The second-order valence-electron chi connectivity index (χ2n) is 3.84. The van der Waals surface area contributed by atoms with Gasteiger partial charge in [-0.3, -0.25) is 0 Å². The summed E-state index contributed by atoms with van der Waals surface area (Å²) in [5.74, 6) is 0. The summed E-state index contributed by atoms with van der Waals surface area (Å²) in [5, 5.41) is 2.71. The van der Waals surface area contributed by atoms with Crippen LogP contribution in [0, 0.1) is 0 Å². The van der Waals surface area contributed by atoms with Crippen molar-refractivity contribution in [1.82, 2.24) is 5.32 Å². The van der Waals surface area contributed by atoms with E-state index in [0.29, 0.717) is 3.92 Å². The number of hydrogen-bond acceptors (Lipinski definition) is 2. The average molecular weight is 295 g/mol. The maximum Gasteiger partial charge on any atom is 0.407 e. The minimum atomic E-state index is -0.227. The van der Waals surface area contributed by atoms with E-state index < -0.39 is 0 Å². The maximum absolute atomic E-state index is 11.1. The van der Waals surface area contributed by atoms with E-state index in [9.17, 15) is 4.79 Å². The van der Waals surface area contributed by atoms with Crippen molar-refractivity contribution in [1.29, 1.82) is 0 Å². The monoisotopic (exact) mass is 295 g/mol. The lowest BCUT2D eigenvalue weighted by Gasteiger charge is -2.43. The van der Waals surface area contributed by atoms with Gasteiger partial charge < -0.3 is 10.1 Å². The third-order valence-corrected chi connectivity index (χ3v) is 4.75. The summed E-state index contributed by atoms with van der Waals surface area (Å²) >= 11 is 2.43. The number of nitrogens with one attached hydrogen (secondary N) is 1. The molecule has 13 heavy (non-hydrogen) atoms. The molecule has 0 aromatic heterocycles. The minimum absolute atomic E-state index is 0.138. The summed E-state index contributed by atoms with van der Waals surface area (Å²) in [6.07, 6.45) is 5.47. The Kier molecular flexibility index (Phi) is 2.67. The second kappa shape index (κ2) is 3.63. The lowest BCUT2D eigenvalue weighted by Crippen LogP contribution is -2.53. The van der Waals surface area contributed by atoms with Crippen molar-refractivity contribution >= 4 is 28.7 Å². The van der Waals surface area contributed by atoms with Gasteiger partial charge in [-0.1, -0.05) is 29.0 Å². The Balaban J connectivity index is 2.11. The summed E-state index contributed by atoms with van der Waals surface area (Å²) in [6, 6.07) is 0. The summed E-state index contributed by atoms with van der Waals surface area (Å²) < 4.78 is 5.97. The highest BCUT2D eigenvalue weighted by atomic mass is 127. The first-order valence-electron chi connectivity index (χ1n) is 4.84. The molecule has 2 atom stereocenters. The number of alkyl halides is 1. The number of carbonyl (C=O) groups is 1. The number of carbonyl (C=O) groups excluding carboxylic acids is 1. The number of hydrogen-bond donors (Lipinski definition) is 1. The molecule has 1 aliphatic carbocycles. The van der Waals surface area contributed by atoms with E-state index in [1.165, 1.54) is 19.3 Å². The zero-order valence-corrected chi connectivity index (χ0v) is 9.67. The van der Waals surface area contributed by atoms with E-state index in [1.807, 2.05) is 0 Å². The fourth-order valence-electron chi connectivity index (χ4n) is 2.21. The standard InChI is InChI=1S/C9H14INO2/c10-7-3-1-2-4-9(7)5-6-11-8(12)13-9/h7H,1-6H2,(H,11,12). The largest absolute Gasteiger partial charge is 0.442 e. The van der Waals surface area contributed by atoms with Gasteiger partial charge in [0, 0.05) is 13.0 Å². The molecule has 1 saturated carbocycles. The van der Waals surface area contributed by atoms with Gasteiger partial charge >= 0.3 is 6.09 Å². The zero-order valence-electron chi connectivity index (χ0n) is 7.51. The normalized spacial score (nSPS) is 39.8. The van der Waals surface area contributed by atoms with Crippen molar-refractivity contribution < 1.29 is 9.53 Å². The van der Waals surface area contributed by atoms with Crippen LogP contribution in [-0.2, 0) is 4.74 Å². The van der Waals surface area contributed by atoms with Crippen LogP contribution in [0.3, 0.4) is 0 Å². The van der Waals surface area contributed by atoms with Crippen LogP contribution in [0.1, 0.15) is 32.1 Å². The molecule has 2 rings (SSSR count). The summed E-state index contributed by atoms with van der Waals surface area (Å²) in [6.45, 7) is 0.776. The van der Waals surface area contributed by atoms with Gasteiger partial charge in [-0.05, 0) is 19.3 Å². The zero-order chi connectivity index (χ0) is 9.31. The highest BCUT2D eigenvalue weighted by molar-refractivity contribution is 14.1. The number of alkyl carbamates (subject to hydrolysis) is 1. The van der Waals surface area contributed by atoms with Crippen LogP contribution >= 0.6 is 22.6 Å². The summed E-state index contributed by atoms with van der Waals surface area (Å²) in [4.78, 5) is 11.1. The van der Waals surface area contributed by atoms with Gasteiger partial charge in [0.2, 0.25) is 0 Å². The first-order valence-corrected chi connectivity index (χ1v) is 6.08. The Morgan fingerprint density at radius 3 is 3.00 bits per heavy atom. The molecular weight excluding hydrogens is 281 g/mol. The second-order valence-corrected chi connectivity index (χ2v) is 5.35. The van der Waals surface area contributed by atoms with E-state index in [-0.39, 0.29) is 11.7 Å². The predicted molar refractivity (Wildman–Crippen MR) is 58.1 cm³/mol. The van der Waals surface area contributed by atoms with Gasteiger partial charge in [0.05, 0.1) is 3.92 Å². The van der Waals surface area contributed by atoms with Crippen molar-refractivity contribution in [3.8, 4) is 0 Å². The quantitative estimate of drug-likeness (QED) is 0.550. The van der Waals surface area contributed by atoms with Crippen LogP contribution in [0.5, 0.6) is 0 Å². The third-order valence-electron chi connectivity index (χ3n) is 2.99. The van der Waals surface area contributed by atoms with Crippen LogP contribution in [0.15, 0.2) is 0 Å².